The van der Waals surface area contributed by atoms with Crippen molar-refractivity contribution in [1.29, 1.82) is 0 Å². The third-order valence-corrected chi connectivity index (χ3v) is 2.44. The van der Waals surface area contributed by atoms with Gasteiger partial charge in [-0.05, 0) is 23.7 Å². The standard InChI is InChI=1S/C10H5Cl3N2O/c11-6-1-2-7(12)8(5-6)16-9-3-4-14-10(13)15-9/h1-5H. The van der Waals surface area contributed by atoms with Gasteiger partial charge in [-0.3, -0.25) is 0 Å². The molecule has 1 heterocycles. The van der Waals surface area contributed by atoms with Crippen LogP contribution < -0.4 is 4.74 Å². The SMILES string of the molecule is Clc1ccc(Cl)c(Oc2ccnc(Cl)n2)c1. The molecule has 0 fully saturated rings. The van der Waals surface area contributed by atoms with Gasteiger partial charge in [0.2, 0.25) is 11.2 Å². The van der Waals surface area contributed by atoms with Crippen molar-refractivity contribution in [2.45, 2.75) is 0 Å². The fraction of sp³-hybridized carbons (Fsp3) is 0. The molecule has 3 nitrogen and oxygen atoms in total. The zero-order chi connectivity index (χ0) is 11.5. The third-order valence-electron chi connectivity index (χ3n) is 1.71. The minimum atomic E-state index is 0.107. The van der Waals surface area contributed by atoms with Crippen molar-refractivity contribution < 1.29 is 4.74 Å². The van der Waals surface area contributed by atoms with E-state index in [2.05, 4.69) is 9.97 Å². The first-order chi connectivity index (χ1) is 7.65. The Balaban J connectivity index is 2.30. The Morgan fingerprint density at radius 1 is 1.06 bits per heavy atom. The number of ether oxygens (including phenoxy) is 1. The first-order valence-electron chi connectivity index (χ1n) is 4.26. The van der Waals surface area contributed by atoms with Crippen LogP contribution in [0.25, 0.3) is 0 Å². The van der Waals surface area contributed by atoms with E-state index in [0.717, 1.165) is 0 Å². The number of aromatic nitrogens is 2. The summed E-state index contributed by atoms with van der Waals surface area (Å²) in [4.78, 5) is 7.61. The van der Waals surface area contributed by atoms with E-state index in [0.29, 0.717) is 21.7 Å². The van der Waals surface area contributed by atoms with Crippen molar-refractivity contribution in [3.8, 4) is 11.6 Å². The first-order valence-corrected chi connectivity index (χ1v) is 5.40. The summed E-state index contributed by atoms with van der Waals surface area (Å²) < 4.78 is 5.42. The predicted octanol–water partition coefficient (Wildman–Crippen LogP) is 4.23. The summed E-state index contributed by atoms with van der Waals surface area (Å²) in [6, 6.07) is 6.48. The van der Waals surface area contributed by atoms with Crippen molar-refractivity contribution in [2.75, 3.05) is 0 Å². The van der Waals surface area contributed by atoms with Crippen LogP contribution in [0.3, 0.4) is 0 Å². The second-order valence-electron chi connectivity index (χ2n) is 2.84. The maximum absolute atomic E-state index is 5.93. The molecule has 1 aromatic heterocycles. The van der Waals surface area contributed by atoms with Gasteiger partial charge in [-0.1, -0.05) is 23.2 Å². The molecule has 0 saturated heterocycles. The molecule has 0 N–H and O–H groups in total. The topological polar surface area (TPSA) is 35.0 Å². The summed E-state index contributed by atoms with van der Waals surface area (Å²) in [6.07, 6.45) is 1.49. The summed E-state index contributed by atoms with van der Waals surface area (Å²) in [5.74, 6) is 0.730. The number of benzene rings is 1. The molecule has 0 saturated carbocycles. The molecular formula is C10H5Cl3N2O. The Hall–Kier alpha value is -1.03. The van der Waals surface area contributed by atoms with Gasteiger partial charge in [-0.15, -0.1) is 0 Å². The van der Waals surface area contributed by atoms with Gasteiger partial charge in [0.15, 0.2) is 0 Å². The molecule has 0 spiro atoms. The second kappa shape index (κ2) is 4.87. The van der Waals surface area contributed by atoms with Crippen molar-refractivity contribution in [1.82, 2.24) is 9.97 Å². The molecule has 6 heteroatoms. The van der Waals surface area contributed by atoms with Crippen molar-refractivity contribution in [3.63, 3.8) is 0 Å². The van der Waals surface area contributed by atoms with Gasteiger partial charge in [0.1, 0.15) is 5.75 Å². The number of nitrogens with zero attached hydrogens (tertiary/aromatic N) is 2. The predicted molar refractivity (Wildman–Crippen MR) is 63.6 cm³/mol. The molecule has 1 aromatic carbocycles. The number of rotatable bonds is 2. The Labute approximate surface area is 107 Å². The van der Waals surface area contributed by atoms with Gasteiger partial charge in [-0.2, -0.15) is 4.98 Å². The average molecular weight is 276 g/mol. The number of hydrogen-bond donors (Lipinski definition) is 0. The Bertz CT molecular complexity index is 519. The number of hydrogen-bond acceptors (Lipinski definition) is 3. The van der Waals surface area contributed by atoms with E-state index < -0.39 is 0 Å². The summed E-state index contributed by atoms with van der Waals surface area (Å²) in [5, 5.41) is 1.08. The van der Waals surface area contributed by atoms with Crippen LogP contribution in [0.4, 0.5) is 0 Å². The molecule has 2 aromatic rings. The maximum Gasteiger partial charge on any atom is 0.225 e. The third kappa shape index (κ3) is 2.76. The molecule has 82 valence electrons. The molecular weight excluding hydrogens is 270 g/mol. The van der Waals surface area contributed by atoms with Crippen LogP contribution in [-0.4, -0.2) is 9.97 Å². The highest BCUT2D eigenvalue weighted by atomic mass is 35.5. The van der Waals surface area contributed by atoms with Crippen molar-refractivity contribution >= 4 is 34.8 Å². The maximum atomic E-state index is 5.93. The zero-order valence-corrected chi connectivity index (χ0v) is 10.1. The lowest BCUT2D eigenvalue weighted by Gasteiger charge is -2.06. The average Bonchev–Trinajstić information content (AvgIpc) is 2.24. The lowest BCUT2D eigenvalue weighted by molar-refractivity contribution is 0.462. The molecule has 2 rings (SSSR count). The van der Waals surface area contributed by atoms with E-state index in [9.17, 15) is 0 Å². The van der Waals surface area contributed by atoms with E-state index in [1.165, 1.54) is 6.20 Å². The minimum absolute atomic E-state index is 0.107. The number of halogens is 3. The Kier molecular flexibility index (Phi) is 3.49. The molecule has 16 heavy (non-hydrogen) atoms. The van der Waals surface area contributed by atoms with E-state index in [-0.39, 0.29) is 5.28 Å². The highest BCUT2D eigenvalue weighted by Crippen LogP contribution is 2.31. The smallest absolute Gasteiger partial charge is 0.225 e. The van der Waals surface area contributed by atoms with Crippen LogP contribution in [0.5, 0.6) is 11.6 Å². The van der Waals surface area contributed by atoms with E-state index in [4.69, 9.17) is 39.5 Å². The first kappa shape index (κ1) is 11.5. The molecule has 0 atom stereocenters. The summed E-state index contributed by atoms with van der Waals surface area (Å²) >= 11 is 17.4. The molecule has 0 aliphatic heterocycles. The molecule has 0 radical (unpaired) electrons. The van der Waals surface area contributed by atoms with Crippen LogP contribution in [0.2, 0.25) is 15.3 Å². The quantitative estimate of drug-likeness (QED) is 0.769. The van der Waals surface area contributed by atoms with Gasteiger partial charge in [0.05, 0.1) is 5.02 Å². The molecule has 0 amide bonds. The van der Waals surface area contributed by atoms with Gasteiger partial charge < -0.3 is 4.74 Å². The Morgan fingerprint density at radius 2 is 1.88 bits per heavy atom. The van der Waals surface area contributed by atoms with E-state index in [1.54, 1.807) is 24.3 Å². The second-order valence-corrected chi connectivity index (χ2v) is 4.02. The normalized spacial score (nSPS) is 10.2. The Morgan fingerprint density at radius 3 is 2.62 bits per heavy atom. The van der Waals surface area contributed by atoms with Gasteiger partial charge in [-0.25, -0.2) is 4.98 Å². The molecule has 0 bridgehead atoms. The van der Waals surface area contributed by atoms with E-state index in [1.807, 2.05) is 0 Å². The van der Waals surface area contributed by atoms with Crippen molar-refractivity contribution in [2.24, 2.45) is 0 Å². The van der Waals surface area contributed by atoms with Crippen LogP contribution in [0, 0.1) is 0 Å². The van der Waals surface area contributed by atoms with Gasteiger partial charge in [0.25, 0.3) is 0 Å². The summed E-state index contributed by atoms with van der Waals surface area (Å²) in [5.41, 5.74) is 0. The van der Waals surface area contributed by atoms with Crippen molar-refractivity contribution in [3.05, 3.63) is 45.8 Å². The monoisotopic (exact) mass is 274 g/mol. The fourth-order valence-corrected chi connectivity index (χ4v) is 1.50. The minimum Gasteiger partial charge on any atom is -0.437 e. The van der Waals surface area contributed by atoms with Crippen LogP contribution in [0.1, 0.15) is 0 Å². The lowest BCUT2D eigenvalue weighted by atomic mass is 10.3. The lowest BCUT2D eigenvalue weighted by Crippen LogP contribution is -1.90. The fourth-order valence-electron chi connectivity index (χ4n) is 1.04. The zero-order valence-electron chi connectivity index (χ0n) is 7.82. The van der Waals surface area contributed by atoms with Gasteiger partial charge >= 0.3 is 0 Å². The van der Waals surface area contributed by atoms with Crippen LogP contribution >= 0.6 is 34.8 Å². The van der Waals surface area contributed by atoms with Crippen LogP contribution in [0.15, 0.2) is 30.5 Å². The highest BCUT2D eigenvalue weighted by molar-refractivity contribution is 6.34. The molecule has 0 aliphatic carbocycles. The summed E-state index contributed by atoms with van der Waals surface area (Å²) in [7, 11) is 0. The molecule has 0 aliphatic rings. The van der Waals surface area contributed by atoms with Gasteiger partial charge in [0, 0.05) is 23.4 Å². The molecule has 0 unspecified atom stereocenters. The highest BCUT2D eigenvalue weighted by Gasteiger charge is 2.05. The van der Waals surface area contributed by atoms with E-state index >= 15 is 0 Å². The largest absolute Gasteiger partial charge is 0.437 e. The summed E-state index contributed by atoms with van der Waals surface area (Å²) in [6.45, 7) is 0. The van der Waals surface area contributed by atoms with Crippen LogP contribution in [-0.2, 0) is 0 Å².